The van der Waals surface area contributed by atoms with Crippen LogP contribution in [0.2, 0.25) is 10.0 Å². The van der Waals surface area contributed by atoms with E-state index < -0.39 is 11.2 Å². The van der Waals surface area contributed by atoms with Gasteiger partial charge in [-0.05, 0) is 47.7 Å². The van der Waals surface area contributed by atoms with E-state index in [9.17, 15) is 14.7 Å². The number of anilines is 1. The molecule has 0 saturated carbocycles. The van der Waals surface area contributed by atoms with Gasteiger partial charge in [0, 0.05) is 4.90 Å². The molecule has 0 aromatic heterocycles. The molecule has 0 fully saturated rings. The Morgan fingerprint density at radius 1 is 1.21 bits per heavy atom. The van der Waals surface area contributed by atoms with E-state index in [0.29, 0.717) is 22.5 Å². The molecule has 4 nitrogen and oxygen atoms in total. The Labute approximate surface area is 178 Å². The number of aliphatic carboxylic acids is 1. The third kappa shape index (κ3) is 4.48. The van der Waals surface area contributed by atoms with Crippen molar-refractivity contribution in [1.29, 1.82) is 0 Å². The second-order valence-electron chi connectivity index (χ2n) is 6.91. The van der Waals surface area contributed by atoms with Crippen LogP contribution >= 0.6 is 35.0 Å². The zero-order valence-electron chi connectivity index (χ0n) is 15.6. The summed E-state index contributed by atoms with van der Waals surface area (Å²) in [4.78, 5) is 26.9. The van der Waals surface area contributed by atoms with Gasteiger partial charge in [-0.3, -0.25) is 9.59 Å². The van der Waals surface area contributed by atoms with Crippen LogP contribution in [0.3, 0.4) is 0 Å². The van der Waals surface area contributed by atoms with Gasteiger partial charge in [0.1, 0.15) is 0 Å². The van der Waals surface area contributed by atoms with Crippen molar-refractivity contribution >= 4 is 52.5 Å². The van der Waals surface area contributed by atoms with E-state index in [1.54, 1.807) is 17.0 Å². The Bertz CT molecular complexity index is 919. The molecule has 1 aliphatic heterocycles. The molecule has 148 valence electrons. The smallest absolute Gasteiger partial charge is 0.305 e. The second kappa shape index (κ2) is 8.76. The Hall–Kier alpha value is -1.69. The lowest BCUT2D eigenvalue weighted by Gasteiger charge is -2.34. The number of halogens is 2. The minimum absolute atomic E-state index is 0.202. The van der Waals surface area contributed by atoms with E-state index in [1.165, 1.54) is 11.8 Å². The lowest BCUT2D eigenvalue weighted by atomic mass is 9.97. The Kier molecular flexibility index (Phi) is 6.58. The second-order valence-corrected chi connectivity index (χ2v) is 8.97. The standard InChI is InChI=1S/C21H21Cl2NO3S/c1-3-12(2)14-5-7-18-17(9-14)24(21(27)19(28-18)10-20(25)26)11-13-4-6-15(22)16(23)8-13/h4-9,12,19H,3,10-11H2,1-2H3,(H,25,26). The molecule has 1 amide bonds. The highest BCUT2D eigenvalue weighted by Gasteiger charge is 2.35. The third-order valence-electron chi connectivity index (χ3n) is 4.95. The summed E-state index contributed by atoms with van der Waals surface area (Å²) in [6.45, 7) is 4.58. The van der Waals surface area contributed by atoms with Crippen LogP contribution in [-0.2, 0) is 16.1 Å². The van der Waals surface area contributed by atoms with Gasteiger partial charge in [0.25, 0.3) is 0 Å². The van der Waals surface area contributed by atoms with Gasteiger partial charge in [0.2, 0.25) is 5.91 Å². The lowest BCUT2D eigenvalue weighted by molar-refractivity contribution is -0.138. The van der Waals surface area contributed by atoms with Crippen molar-refractivity contribution in [3.05, 3.63) is 57.6 Å². The predicted octanol–water partition coefficient (Wildman–Crippen LogP) is 5.99. The highest BCUT2D eigenvalue weighted by atomic mass is 35.5. The fraction of sp³-hybridized carbons (Fsp3) is 0.333. The Morgan fingerprint density at radius 3 is 2.61 bits per heavy atom. The molecule has 7 heteroatoms. The van der Waals surface area contributed by atoms with Crippen molar-refractivity contribution in [2.75, 3.05) is 4.90 Å². The molecule has 2 aromatic carbocycles. The van der Waals surface area contributed by atoms with Gasteiger partial charge in [-0.25, -0.2) is 0 Å². The first-order chi connectivity index (χ1) is 13.3. The molecule has 1 heterocycles. The number of carbonyl (C=O) groups is 2. The molecule has 0 aliphatic carbocycles. The zero-order chi connectivity index (χ0) is 20.4. The number of benzene rings is 2. The van der Waals surface area contributed by atoms with Crippen LogP contribution < -0.4 is 4.90 Å². The maximum absolute atomic E-state index is 13.1. The highest BCUT2D eigenvalue weighted by molar-refractivity contribution is 8.01. The molecule has 2 atom stereocenters. The monoisotopic (exact) mass is 437 g/mol. The van der Waals surface area contributed by atoms with Crippen LogP contribution in [-0.4, -0.2) is 22.2 Å². The van der Waals surface area contributed by atoms with Crippen LogP contribution in [0, 0.1) is 0 Å². The topological polar surface area (TPSA) is 57.6 Å². The van der Waals surface area contributed by atoms with Crippen LogP contribution in [0.25, 0.3) is 0 Å². The number of nitrogens with zero attached hydrogens (tertiary/aromatic N) is 1. The van der Waals surface area contributed by atoms with E-state index in [4.69, 9.17) is 23.2 Å². The maximum Gasteiger partial charge on any atom is 0.305 e. The fourth-order valence-corrected chi connectivity index (χ4v) is 4.67. The van der Waals surface area contributed by atoms with Gasteiger partial charge >= 0.3 is 5.97 Å². The van der Waals surface area contributed by atoms with Gasteiger partial charge in [-0.2, -0.15) is 0 Å². The van der Waals surface area contributed by atoms with Crippen LogP contribution in [0.15, 0.2) is 41.3 Å². The molecule has 1 N–H and O–H groups in total. The largest absolute Gasteiger partial charge is 0.481 e. The summed E-state index contributed by atoms with van der Waals surface area (Å²) in [5, 5.41) is 9.43. The summed E-state index contributed by atoms with van der Waals surface area (Å²) >= 11 is 13.5. The summed E-state index contributed by atoms with van der Waals surface area (Å²) in [5.74, 6) is -0.818. The molecular weight excluding hydrogens is 417 g/mol. The van der Waals surface area contributed by atoms with E-state index in [1.807, 2.05) is 18.2 Å². The van der Waals surface area contributed by atoms with E-state index in [2.05, 4.69) is 19.9 Å². The van der Waals surface area contributed by atoms with Gasteiger partial charge in [-0.15, -0.1) is 11.8 Å². The molecule has 0 saturated heterocycles. The summed E-state index contributed by atoms with van der Waals surface area (Å²) in [6.07, 6.45) is 0.780. The number of hydrogen-bond donors (Lipinski definition) is 1. The first-order valence-corrected chi connectivity index (χ1v) is 10.7. The minimum atomic E-state index is -0.986. The van der Waals surface area contributed by atoms with Crippen molar-refractivity contribution in [3.8, 4) is 0 Å². The highest BCUT2D eigenvalue weighted by Crippen LogP contribution is 2.42. The van der Waals surface area contributed by atoms with Crippen molar-refractivity contribution in [2.24, 2.45) is 0 Å². The third-order valence-corrected chi connectivity index (χ3v) is 6.94. The summed E-state index contributed by atoms with van der Waals surface area (Å²) in [6, 6.07) is 11.4. The van der Waals surface area contributed by atoms with Gasteiger partial charge in [0.15, 0.2) is 0 Å². The molecular formula is C21H21Cl2NO3S. The van der Waals surface area contributed by atoms with Crippen LogP contribution in [0.5, 0.6) is 0 Å². The summed E-state index contributed by atoms with van der Waals surface area (Å²) < 4.78 is 0. The molecule has 1 aliphatic rings. The average Bonchev–Trinajstić information content (AvgIpc) is 2.66. The number of amides is 1. The van der Waals surface area contributed by atoms with Crippen molar-refractivity contribution < 1.29 is 14.7 Å². The molecule has 3 rings (SSSR count). The number of hydrogen-bond acceptors (Lipinski definition) is 3. The Morgan fingerprint density at radius 2 is 1.96 bits per heavy atom. The molecule has 2 aromatic rings. The Balaban J connectivity index is 2.02. The fourth-order valence-electron chi connectivity index (χ4n) is 3.15. The van der Waals surface area contributed by atoms with Gasteiger partial charge < -0.3 is 10.0 Å². The van der Waals surface area contributed by atoms with Gasteiger partial charge in [-0.1, -0.05) is 49.2 Å². The lowest BCUT2D eigenvalue weighted by Crippen LogP contribution is -2.41. The summed E-state index contributed by atoms with van der Waals surface area (Å²) in [7, 11) is 0. The quantitative estimate of drug-likeness (QED) is 0.602. The molecule has 28 heavy (non-hydrogen) atoms. The number of carbonyl (C=O) groups excluding carboxylic acids is 1. The van der Waals surface area contributed by atoms with Crippen molar-refractivity contribution in [2.45, 2.75) is 49.3 Å². The first kappa shape index (κ1) is 21.0. The SMILES string of the molecule is CCC(C)c1ccc2c(c1)N(Cc1ccc(Cl)c(Cl)c1)C(=O)C(CC(=O)O)S2. The molecule has 0 spiro atoms. The van der Waals surface area contributed by atoms with Crippen LogP contribution in [0.1, 0.15) is 43.7 Å². The number of rotatable bonds is 6. The van der Waals surface area contributed by atoms with Crippen LogP contribution in [0.4, 0.5) is 5.69 Å². The number of carboxylic acid groups (broad SMARTS) is 1. The van der Waals surface area contributed by atoms with E-state index in [-0.39, 0.29) is 12.3 Å². The zero-order valence-corrected chi connectivity index (χ0v) is 17.9. The van der Waals surface area contributed by atoms with Crippen molar-refractivity contribution in [3.63, 3.8) is 0 Å². The molecule has 0 bridgehead atoms. The molecule has 0 radical (unpaired) electrons. The predicted molar refractivity (Wildman–Crippen MR) is 115 cm³/mol. The number of fused-ring (bicyclic) bond motifs is 1. The first-order valence-electron chi connectivity index (χ1n) is 9.07. The minimum Gasteiger partial charge on any atom is -0.481 e. The number of carboxylic acids is 1. The van der Waals surface area contributed by atoms with Gasteiger partial charge in [0.05, 0.1) is 33.9 Å². The van der Waals surface area contributed by atoms with Crippen molar-refractivity contribution in [1.82, 2.24) is 0 Å². The maximum atomic E-state index is 13.1. The van der Waals surface area contributed by atoms with E-state index >= 15 is 0 Å². The average molecular weight is 438 g/mol. The summed E-state index contributed by atoms with van der Waals surface area (Å²) in [5.41, 5.74) is 2.81. The van der Waals surface area contributed by atoms with E-state index in [0.717, 1.165) is 28.1 Å². The number of thioether (sulfide) groups is 1. The molecule has 2 unspecified atom stereocenters. The normalized spacial score (nSPS) is 17.4.